The van der Waals surface area contributed by atoms with Crippen LogP contribution in [0.25, 0.3) is 0 Å². The molecule has 1 aliphatic carbocycles. The molecule has 2 N–H and O–H groups in total. The molecular formula is C19H30N2O2. The fourth-order valence-electron chi connectivity index (χ4n) is 3.09. The summed E-state index contributed by atoms with van der Waals surface area (Å²) in [7, 11) is 0. The number of alkyl carbamates (subject to hydrolysis) is 1. The second-order valence-electron chi connectivity index (χ2n) is 7.54. The van der Waals surface area contributed by atoms with Crippen molar-refractivity contribution in [2.24, 2.45) is 0 Å². The summed E-state index contributed by atoms with van der Waals surface area (Å²) in [6, 6.07) is 10.4. The third kappa shape index (κ3) is 6.22. The summed E-state index contributed by atoms with van der Waals surface area (Å²) in [5.74, 6) is 0. The number of carbonyl (C=O) groups is 1. The molecular weight excluding hydrogens is 288 g/mol. The highest BCUT2D eigenvalue weighted by Crippen LogP contribution is 2.28. The highest BCUT2D eigenvalue weighted by atomic mass is 16.6. The SMILES string of the molecule is CC(C)(C)OC(=O)NCC1(NCc2ccccc2)CCCCC1. The summed E-state index contributed by atoms with van der Waals surface area (Å²) in [6.45, 7) is 7.11. The van der Waals surface area contributed by atoms with E-state index in [0.29, 0.717) is 6.54 Å². The topological polar surface area (TPSA) is 50.4 Å². The van der Waals surface area contributed by atoms with Gasteiger partial charge in [0, 0.05) is 18.6 Å². The van der Waals surface area contributed by atoms with E-state index in [1.807, 2.05) is 26.8 Å². The molecule has 128 valence electrons. The molecule has 0 spiro atoms. The Morgan fingerprint density at radius 1 is 1.13 bits per heavy atom. The van der Waals surface area contributed by atoms with Crippen molar-refractivity contribution in [1.82, 2.24) is 10.6 Å². The van der Waals surface area contributed by atoms with Gasteiger partial charge in [0.1, 0.15) is 5.60 Å². The minimum Gasteiger partial charge on any atom is -0.444 e. The lowest BCUT2D eigenvalue weighted by Gasteiger charge is -2.38. The summed E-state index contributed by atoms with van der Waals surface area (Å²) < 4.78 is 5.36. The van der Waals surface area contributed by atoms with E-state index in [9.17, 15) is 4.79 Å². The minimum absolute atomic E-state index is 0.0228. The fourth-order valence-corrected chi connectivity index (χ4v) is 3.09. The number of hydrogen-bond acceptors (Lipinski definition) is 3. The van der Waals surface area contributed by atoms with Crippen molar-refractivity contribution < 1.29 is 9.53 Å². The Labute approximate surface area is 140 Å². The number of carbonyl (C=O) groups excluding carboxylic acids is 1. The number of benzene rings is 1. The van der Waals surface area contributed by atoms with Gasteiger partial charge in [-0.2, -0.15) is 0 Å². The van der Waals surface area contributed by atoms with Gasteiger partial charge in [0.25, 0.3) is 0 Å². The Balaban J connectivity index is 1.91. The van der Waals surface area contributed by atoms with Crippen LogP contribution >= 0.6 is 0 Å². The zero-order chi connectivity index (χ0) is 16.8. The van der Waals surface area contributed by atoms with Crippen molar-refractivity contribution in [1.29, 1.82) is 0 Å². The molecule has 0 saturated heterocycles. The monoisotopic (exact) mass is 318 g/mol. The van der Waals surface area contributed by atoms with Crippen LogP contribution in [-0.4, -0.2) is 23.8 Å². The summed E-state index contributed by atoms with van der Waals surface area (Å²) in [5, 5.41) is 6.66. The summed E-state index contributed by atoms with van der Waals surface area (Å²) >= 11 is 0. The van der Waals surface area contributed by atoms with Crippen molar-refractivity contribution in [3.63, 3.8) is 0 Å². The Morgan fingerprint density at radius 2 is 1.78 bits per heavy atom. The Hall–Kier alpha value is -1.55. The summed E-state index contributed by atoms with van der Waals surface area (Å²) in [6.07, 6.45) is 5.55. The van der Waals surface area contributed by atoms with E-state index in [1.165, 1.54) is 24.8 Å². The maximum Gasteiger partial charge on any atom is 0.407 e. The van der Waals surface area contributed by atoms with Crippen molar-refractivity contribution in [2.75, 3.05) is 6.54 Å². The van der Waals surface area contributed by atoms with Crippen LogP contribution in [0.1, 0.15) is 58.4 Å². The van der Waals surface area contributed by atoms with E-state index in [-0.39, 0.29) is 11.6 Å². The van der Waals surface area contributed by atoms with Gasteiger partial charge >= 0.3 is 6.09 Å². The molecule has 0 radical (unpaired) electrons. The first-order valence-electron chi connectivity index (χ1n) is 8.64. The molecule has 2 rings (SSSR count). The largest absolute Gasteiger partial charge is 0.444 e. The highest BCUT2D eigenvalue weighted by Gasteiger charge is 2.32. The van der Waals surface area contributed by atoms with Crippen LogP contribution in [0.3, 0.4) is 0 Å². The predicted molar refractivity (Wildman–Crippen MR) is 93.3 cm³/mol. The van der Waals surface area contributed by atoms with Crippen LogP contribution in [0.4, 0.5) is 4.79 Å². The van der Waals surface area contributed by atoms with Gasteiger partial charge in [0.05, 0.1) is 0 Å². The second kappa shape index (κ2) is 7.82. The van der Waals surface area contributed by atoms with E-state index < -0.39 is 5.60 Å². The van der Waals surface area contributed by atoms with Gasteiger partial charge in [-0.3, -0.25) is 0 Å². The third-order valence-electron chi connectivity index (χ3n) is 4.29. The first-order chi connectivity index (χ1) is 10.9. The lowest BCUT2D eigenvalue weighted by atomic mass is 9.81. The van der Waals surface area contributed by atoms with Crippen LogP contribution in [0, 0.1) is 0 Å². The molecule has 23 heavy (non-hydrogen) atoms. The number of nitrogens with one attached hydrogen (secondary N) is 2. The zero-order valence-electron chi connectivity index (χ0n) is 14.7. The van der Waals surface area contributed by atoms with Gasteiger partial charge in [-0.25, -0.2) is 4.79 Å². The molecule has 0 bridgehead atoms. The van der Waals surface area contributed by atoms with Gasteiger partial charge < -0.3 is 15.4 Å². The standard InChI is InChI=1S/C19H30N2O2/c1-18(2,3)23-17(22)20-15-19(12-8-5-9-13-19)21-14-16-10-6-4-7-11-16/h4,6-7,10-11,21H,5,8-9,12-15H2,1-3H3,(H,20,22). The fraction of sp³-hybridized carbons (Fsp3) is 0.632. The van der Waals surface area contributed by atoms with Crippen LogP contribution in [0.5, 0.6) is 0 Å². The average molecular weight is 318 g/mol. The lowest BCUT2D eigenvalue weighted by Crippen LogP contribution is -2.54. The molecule has 0 unspecified atom stereocenters. The van der Waals surface area contributed by atoms with Crippen molar-refractivity contribution in [3.8, 4) is 0 Å². The average Bonchev–Trinajstić information content (AvgIpc) is 2.52. The molecule has 0 heterocycles. The third-order valence-corrected chi connectivity index (χ3v) is 4.29. The lowest BCUT2D eigenvalue weighted by molar-refractivity contribution is 0.0500. The molecule has 4 nitrogen and oxygen atoms in total. The molecule has 0 aliphatic heterocycles. The molecule has 0 atom stereocenters. The van der Waals surface area contributed by atoms with Gasteiger partial charge in [-0.05, 0) is 39.2 Å². The minimum atomic E-state index is -0.457. The quantitative estimate of drug-likeness (QED) is 0.862. The van der Waals surface area contributed by atoms with E-state index >= 15 is 0 Å². The number of amides is 1. The van der Waals surface area contributed by atoms with E-state index in [4.69, 9.17) is 4.74 Å². The van der Waals surface area contributed by atoms with Crippen LogP contribution in [0.15, 0.2) is 30.3 Å². The first kappa shape index (κ1) is 17.8. The van der Waals surface area contributed by atoms with Gasteiger partial charge in [-0.1, -0.05) is 49.6 Å². The van der Waals surface area contributed by atoms with Crippen molar-refractivity contribution in [3.05, 3.63) is 35.9 Å². The Bertz CT molecular complexity index is 488. The molecule has 0 aromatic heterocycles. The van der Waals surface area contributed by atoms with Crippen molar-refractivity contribution >= 4 is 6.09 Å². The maximum absolute atomic E-state index is 12.0. The smallest absolute Gasteiger partial charge is 0.407 e. The van der Waals surface area contributed by atoms with E-state index in [0.717, 1.165) is 19.4 Å². The predicted octanol–water partition coefficient (Wildman–Crippen LogP) is 4.00. The number of rotatable bonds is 5. The number of hydrogen-bond donors (Lipinski definition) is 2. The molecule has 1 aromatic rings. The molecule has 1 amide bonds. The van der Waals surface area contributed by atoms with Gasteiger partial charge in [-0.15, -0.1) is 0 Å². The van der Waals surface area contributed by atoms with Crippen LogP contribution in [0.2, 0.25) is 0 Å². The first-order valence-corrected chi connectivity index (χ1v) is 8.64. The highest BCUT2D eigenvalue weighted by molar-refractivity contribution is 5.67. The molecule has 4 heteroatoms. The summed E-state index contributed by atoms with van der Waals surface area (Å²) in [5.41, 5.74) is 0.793. The Morgan fingerprint density at radius 3 is 2.39 bits per heavy atom. The van der Waals surface area contributed by atoms with Gasteiger partial charge in [0.15, 0.2) is 0 Å². The normalized spacial score (nSPS) is 17.5. The molecule has 1 aliphatic rings. The van der Waals surface area contributed by atoms with E-state index in [2.05, 4.69) is 34.9 Å². The maximum atomic E-state index is 12.0. The second-order valence-corrected chi connectivity index (χ2v) is 7.54. The molecule has 1 saturated carbocycles. The van der Waals surface area contributed by atoms with Gasteiger partial charge in [0.2, 0.25) is 0 Å². The van der Waals surface area contributed by atoms with E-state index in [1.54, 1.807) is 0 Å². The van der Waals surface area contributed by atoms with Crippen LogP contribution < -0.4 is 10.6 Å². The number of ether oxygens (including phenoxy) is 1. The molecule has 1 fully saturated rings. The Kier molecular flexibility index (Phi) is 6.05. The summed E-state index contributed by atoms with van der Waals surface area (Å²) in [4.78, 5) is 12.0. The molecule has 1 aromatic carbocycles. The zero-order valence-corrected chi connectivity index (χ0v) is 14.7. The van der Waals surface area contributed by atoms with Crippen molar-refractivity contribution in [2.45, 2.75) is 70.6 Å². The van der Waals surface area contributed by atoms with Crippen LogP contribution in [-0.2, 0) is 11.3 Å².